The average molecular weight is 256 g/mol. The number of rotatable bonds is 6. The first-order chi connectivity index (χ1) is 8.39. The highest BCUT2D eigenvalue weighted by molar-refractivity contribution is 5.89. The Hall–Kier alpha value is -1.10. The van der Waals surface area contributed by atoms with Crippen LogP contribution in [-0.2, 0) is 14.3 Å². The maximum absolute atomic E-state index is 12.3. The van der Waals surface area contributed by atoms with E-state index >= 15 is 0 Å². The highest BCUT2D eigenvalue weighted by Crippen LogP contribution is 2.31. The van der Waals surface area contributed by atoms with Crippen molar-refractivity contribution >= 4 is 11.9 Å². The van der Waals surface area contributed by atoms with Gasteiger partial charge in [0.25, 0.3) is 0 Å². The molecule has 0 aromatic rings. The second kappa shape index (κ2) is 6.18. The summed E-state index contributed by atoms with van der Waals surface area (Å²) in [5.41, 5.74) is 5.28. The van der Waals surface area contributed by atoms with Crippen LogP contribution < -0.4 is 5.73 Å². The second-order valence-corrected chi connectivity index (χ2v) is 5.39. The van der Waals surface area contributed by atoms with Crippen LogP contribution in [0.5, 0.6) is 0 Å². The van der Waals surface area contributed by atoms with E-state index in [0.29, 0.717) is 31.9 Å². The minimum atomic E-state index is -0.749. The first kappa shape index (κ1) is 15.0. The van der Waals surface area contributed by atoms with Crippen molar-refractivity contribution in [1.29, 1.82) is 0 Å². The Morgan fingerprint density at radius 3 is 2.39 bits per heavy atom. The summed E-state index contributed by atoms with van der Waals surface area (Å²) in [5, 5.41) is 0. The molecular weight excluding hydrogens is 232 g/mol. The van der Waals surface area contributed by atoms with Gasteiger partial charge in [-0.25, -0.2) is 0 Å². The number of amides is 1. The summed E-state index contributed by atoms with van der Waals surface area (Å²) in [6, 6.07) is 0. The molecule has 0 radical (unpaired) electrons. The predicted octanol–water partition coefficient (Wildman–Crippen LogP) is 0.915. The van der Waals surface area contributed by atoms with E-state index in [1.165, 1.54) is 0 Å². The van der Waals surface area contributed by atoms with Gasteiger partial charge in [-0.1, -0.05) is 13.8 Å². The van der Waals surface area contributed by atoms with Gasteiger partial charge in [-0.05, 0) is 32.1 Å². The van der Waals surface area contributed by atoms with Crippen molar-refractivity contribution in [3.63, 3.8) is 0 Å². The van der Waals surface area contributed by atoms with Crippen molar-refractivity contribution in [2.24, 2.45) is 11.7 Å². The molecule has 2 N–H and O–H groups in total. The Balaban J connectivity index is 2.65. The van der Waals surface area contributed by atoms with E-state index in [9.17, 15) is 9.59 Å². The fourth-order valence-electron chi connectivity index (χ4n) is 2.11. The molecule has 1 saturated carbocycles. The zero-order valence-corrected chi connectivity index (χ0v) is 11.6. The Morgan fingerprint density at radius 1 is 1.39 bits per heavy atom. The number of nitrogens with zero attached hydrogens (tertiary/aromatic N) is 1. The lowest BCUT2D eigenvalue weighted by molar-refractivity contribution is -0.152. The van der Waals surface area contributed by atoms with Gasteiger partial charge in [0.15, 0.2) is 0 Å². The topological polar surface area (TPSA) is 72.6 Å². The van der Waals surface area contributed by atoms with E-state index < -0.39 is 5.54 Å². The fraction of sp³-hybridized carbons (Fsp3) is 0.846. The molecule has 0 spiro atoms. The molecule has 18 heavy (non-hydrogen) atoms. The zero-order chi connectivity index (χ0) is 13.8. The maximum Gasteiger partial charge on any atom is 0.325 e. The third-order valence-corrected chi connectivity index (χ3v) is 3.17. The van der Waals surface area contributed by atoms with Gasteiger partial charge in [0.1, 0.15) is 6.54 Å². The Labute approximate surface area is 109 Å². The molecule has 1 aliphatic carbocycles. The summed E-state index contributed by atoms with van der Waals surface area (Å²) in [6.45, 7) is 6.64. The number of carbonyl (C=O) groups is 2. The second-order valence-electron chi connectivity index (χ2n) is 5.39. The molecule has 104 valence electrons. The highest BCUT2D eigenvalue weighted by Gasteiger charge is 2.43. The summed E-state index contributed by atoms with van der Waals surface area (Å²) in [4.78, 5) is 25.4. The van der Waals surface area contributed by atoms with Crippen LogP contribution >= 0.6 is 0 Å². The van der Waals surface area contributed by atoms with Crippen molar-refractivity contribution in [2.75, 3.05) is 19.7 Å². The summed E-state index contributed by atoms with van der Waals surface area (Å²) in [5.74, 6) is -0.183. The molecule has 1 aliphatic rings. The lowest BCUT2D eigenvalue weighted by Crippen LogP contribution is -2.60. The van der Waals surface area contributed by atoms with Gasteiger partial charge in [0.2, 0.25) is 5.91 Å². The Kier molecular flexibility index (Phi) is 5.14. The maximum atomic E-state index is 12.3. The van der Waals surface area contributed by atoms with Gasteiger partial charge in [0.05, 0.1) is 12.1 Å². The predicted molar refractivity (Wildman–Crippen MR) is 68.8 cm³/mol. The number of hydrogen-bond donors (Lipinski definition) is 1. The average Bonchev–Trinajstić information content (AvgIpc) is 2.23. The lowest BCUT2D eigenvalue weighted by atomic mass is 9.76. The quantitative estimate of drug-likeness (QED) is 0.717. The molecule has 1 rings (SSSR count). The number of esters is 1. The molecule has 0 atom stereocenters. The number of carbonyl (C=O) groups excluding carboxylic acids is 2. The van der Waals surface area contributed by atoms with E-state index in [0.717, 1.165) is 6.42 Å². The molecule has 5 heteroatoms. The van der Waals surface area contributed by atoms with Crippen LogP contribution in [0.3, 0.4) is 0 Å². The molecule has 0 aromatic heterocycles. The van der Waals surface area contributed by atoms with Crippen molar-refractivity contribution in [3.8, 4) is 0 Å². The summed E-state index contributed by atoms with van der Waals surface area (Å²) in [7, 11) is 0. The van der Waals surface area contributed by atoms with Gasteiger partial charge in [-0.15, -0.1) is 0 Å². The van der Waals surface area contributed by atoms with Crippen LogP contribution in [0.1, 0.15) is 40.0 Å². The Morgan fingerprint density at radius 2 is 2.00 bits per heavy atom. The minimum absolute atomic E-state index is 0.00377. The van der Waals surface area contributed by atoms with Crippen LogP contribution in [0, 0.1) is 5.92 Å². The number of ether oxygens (including phenoxy) is 1. The van der Waals surface area contributed by atoms with E-state index in [2.05, 4.69) is 0 Å². The van der Waals surface area contributed by atoms with Gasteiger partial charge in [-0.3, -0.25) is 9.59 Å². The normalized spacial score (nSPS) is 17.2. The van der Waals surface area contributed by atoms with E-state index in [1.54, 1.807) is 11.8 Å². The highest BCUT2D eigenvalue weighted by atomic mass is 16.5. The van der Waals surface area contributed by atoms with Crippen LogP contribution in [0.2, 0.25) is 0 Å². The standard InChI is InChI=1S/C13H24N2O3/c1-4-18-11(16)9-15(8-10(2)3)12(17)13(14)6-5-7-13/h10H,4-9,14H2,1-3H3. The van der Waals surface area contributed by atoms with E-state index in [1.807, 2.05) is 13.8 Å². The number of nitrogens with two attached hydrogens (primary N) is 1. The smallest absolute Gasteiger partial charge is 0.325 e. The summed E-state index contributed by atoms with van der Waals surface area (Å²) >= 11 is 0. The molecule has 0 unspecified atom stereocenters. The lowest BCUT2D eigenvalue weighted by Gasteiger charge is -2.40. The zero-order valence-electron chi connectivity index (χ0n) is 11.6. The first-order valence-electron chi connectivity index (χ1n) is 6.63. The van der Waals surface area contributed by atoms with Crippen LogP contribution in [0.4, 0.5) is 0 Å². The summed E-state index contributed by atoms with van der Waals surface area (Å²) < 4.78 is 4.89. The molecule has 1 amide bonds. The number of hydrogen-bond acceptors (Lipinski definition) is 4. The van der Waals surface area contributed by atoms with Gasteiger partial charge in [0, 0.05) is 6.54 Å². The van der Waals surface area contributed by atoms with Crippen molar-refractivity contribution < 1.29 is 14.3 Å². The van der Waals surface area contributed by atoms with Gasteiger partial charge in [-0.2, -0.15) is 0 Å². The summed E-state index contributed by atoms with van der Waals surface area (Å²) in [6.07, 6.45) is 2.41. The molecule has 0 aliphatic heterocycles. The van der Waals surface area contributed by atoms with Gasteiger partial charge >= 0.3 is 5.97 Å². The van der Waals surface area contributed by atoms with Crippen molar-refractivity contribution in [3.05, 3.63) is 0 Å². The molecule has 1 fully saturated rings. The molecule has 0 saturated heterocycles. The van der Waals surface area contributed by atoms with E-state index in [-0.39, 0.29) is 18.4 Å². The van der Waals surface area contributed by atoms with Crippen molar-refractivity contribution in [2.45, 2.75) is 45.6 Å². The Bertz CT molecular complexity index is 311. The minimum Gasteiger partial charge on any atom is -0.465 e. The third-order valence-electron chi connectivity index (χ3n) is 3.17. The SMILES string of the molecule is CCOC(=O)CN(CC(C)C)C(=O)C1(N)CCC1. The monoisotopic (exact) mass is 256 g/mol. The molecule has 5 nitrogen and oxygen atoms in total. The van der Waals surface area contributed by atoms with Gasteiger partial charge < -0.3 is 15.4 Å². The van der Waals surface area contributed by atoms with Crippen LogP contribution in [-0.4, -0.2) is 42.0 Å². The molecule has 0 aromatic carbocycles. The van der Waals surface area contributed by atoms with Crippen LogP contribution in [0.25, 0.3) is 0 Å². The van der Waals surface area contributed by atoms with E-state index in [4.69, 9.17) is 10.5 Å². The van der Waals surface area contributed by atoms with Crippen molar-refractivity contribution in [1.82, 2.24) is 4.90 Å². The molecule has 0 bridgehead atoms. The third kappa shape index (κ3) is 3.70. The largest absolute Gasteiger partial charge is 0.465 e. The van der Waals surface area contributed by atoms with Crippen LogP contribution in [0.15, 0.2) is 0 Å². The first-order valence-corrected chi connectivity index (χ1v) is 6.63. The molecule has 0 heterocycles. The fourth-order valence-corrected chi connectivity index (χ4v) is 2.11. The molecular formula is C13H24N2O3.